The van der Waals surface area contributed by atoms with Crippen LogP contribution in [0, 0.1) is 0 Å². The Balaban J connectivity index is 1.57. The topological polar surface area (TPSA) is 32.8 Å². The second-order valence-corrected chi connectivity index (χ2v) is 7.10. The zero-order valence-corrected chi connectivity index (χ0v) is 15.0. The summed E-state index contributed by atoms with van der Waals surface area (Å²) < 4.78 is 5.60. The van der Waals surface area contributed by atoms with Crippen molar-refractivity contribution in [3.05, 3.63) is 29.8 Å². The lowest BCUT2D eigenvalue weighted by Gasteiger charge is -2.28. The van der Waals surface area contributed by atoms with Crippen molar-refractivity contribution >= 4 is 17.5 Å². The normalized spacial score (nSPS) is 21.4. The summed E-state index contributed by atoms with van der Waals surface area (Å²) >= 11 is 5.65. The molecule has 1 aromatic carbocycles. The minimum Gasteiger partial charge on any atom is -0.494 e. The van der Waals surface area contributed by atoms with Gasteiger partial charge in [0.05, 0.1) is 6.61 Å². The van der Waals surface area contributed by atoms with Gasteiger partial charge in [-0.2, -0.15) is 0 Å². The Labute approximate surface area is 149 Å². The predicted octanol–water partition coefficient (Wildman–Crippen LogP) is 3.39. The smallest absolute Gasteiger partial charge is 0.254 e. The van der Waals surface area contributed by atoms with Gasteiger partial charge in [-0.3, -0.25) is 4.79 Å². The molecule has 24 heavy (non-hydrogen) atoms. The lowest BCUT2D eigenvalue weighted by Crippen LogP contribution is -2.42. The molecule has 1 aromatic rings. The summed E-state index contributed by atoms with van der Waals surface area (Å²) in [5.74, 6) is 1.56. The molecule has 0 radical (unpaired) electrons. The Bertz CT molecular complexity index is 529. The fourth-order valence-electron chi connectivity index (χ4n) is 3.66. The quantitative estimate of drug-likeness (QED) is 0.558. The van der Waals surface area contributed by atoms with Gasteiger partial charge in [-0.1, -0.05) is 0 Å². The fourth-order valence-corrected chi connectivity index (χ4v) is 3.77. The van der Waals surface area contributed by atoms with Crippen LogP contribution in [0.2, 0.25) is 0 Å². The first-order chi connectivity index (χ1) is 11.8. The Hall–Kier alpha value is -1.26. The highest BCUT2D eigenvalue weighted by Crippen LogP contribution is 2.23. The molecule has 0 saturated carbocycles. The van der Waals surface area contributed by atoms with E-state index in [1.165, 1.54) is 25.9 Å². The molecule has 0 bridgehead atoms. The largest absolute Gasteiger partial charge is 0.494 e. The minimum atomic E-state index is 0.156. The molecular weight excluding hydrogens is 324 g/mol. The van der Waals surface area contributed by atoms with Gasteiger partial charge in [-0.15, -0.1) is 11.6 Å². The average molecular weight is 351 g/mol. The molecule has 2 fully saturated rings. The highest BCUT2D eigenvalue weighted by atomic mass is 35.5. The second-order valence-electron chi connectivity index (χ2n) is 6.72. The van der Waals surface area contributed by atoms with Crippen molar-refractivity contribution in [3.63, 3.8) is 0 Å². The molecule has 3 rings (SSSR count). The van der Waals surface area contributed by atoms with Crippen LogP contribution >= 0.6 is 11.6 Å². The minimum absolute atomic E-state index is 0.156. The first-order valence-corrected chi connectivity index (χ1v) is 9.63. The molecule has 1 amide bonds. The highest BCUT2D eigenvalue weighted by molar-refractivity contribution is 6.17. The van der Waals surface area contributed by atoms with Crippen LogP contribution in [0.5, 0.6) is 5.75 Å². The van der Waals surface area contributed by atoms with Crippen molar-refractivity contribution in [1.82, 2.24) is 9.80 Å². The molecule has 132 valence electrons. The van der Waals surface area contributed by atoms with Crippen molar-refractivity contribution in [2.75, 3.05) is 38.7 Å². The van der Waals surface area contributed by atoms with Crippen LogP contribution in [-0.2, 0) is 0 Å². The van der Waals surface area contributed by atoms with Gasteiger partial charge in [0.2, 0.25) is 0 Å². The molecule has 5 heteroatoms. The van der Waals surface area contributed by atoms with E-state index in [-0.39, 0.29) is 5.91 Å². The molecule has 0 spiro atoms. The number of carbonyl (C=O) groups excluding carboxylic acids is 1. The SMILES string of the molecule is O=C(c1ccc(OCCCCl)cc1)N1CCCC1CN1CCCC1. The van der Waals surface area contributed by atoms with Gasteiger partial charge in [0, 0.05) is 30.6 Å². The van der Waals surface area contributed by atoms with Crippen LogP contribution in [0.15, 0.2) is 24.3 Å². The standard InChI is InChI=1S/C19H27ClN2O2/c20-10-4-14-24-18-8-6-16(7-9-18)19(23)22-13-3-5-17(22)15-21-11-1-2-12-21/h6-9,17H,1-5,10-15H2. The Morgan fingerprint density at radius 3 is 2.58 bits per heavy atom. The third kappa shape index (κ3) is 4.42. The number of likely N-dealkylation sites (tertiary alicyclic amines) is 2. The first kappa shape index (κ1) is 17.6. The number of carbonyl (C=O) groups is 1. The monoisotopic (exact) mass is 350 g/mol. The average Bonchev–Trinajstić information content (AvgIpc) is 3.27. The highest BCUT2D eigenvalue weighted by Gasteiger charge is 2.31. The van der Waals surface area contributed by atoms with Gasteiger partial charge in [-0.05, 0) is 69.5 Å². The van der Waals surface area contributed by atoms with E-state index in [9.17, 15) is 4.79 Å². The number of benzene rings is 1. The van der Waals surface area contributed by atoms with Crippen LogP contribution in [0.1, 0.15) is 42.5 Å². The molecule has 1 atom stereocenters. The molecule has 2 aliphatic rings. The van der Waals surface area contributed by atoms with Gasteiger partial charge in [0.15, 0.2) is 0 Å². The molecular formula is C19H27ClN2O2. The molecule has 0 aromatic heterocycles. The molecule has 0 aliphatic carbocycles. The number of nitrogens with zero attached hydrogens (tertiary/aromatic N) is 2. The van der Waals surface area contributed by atoms with E-state index in [4.69, 9.17) is 16.3 Å². The molecule has 2 heterocycles. The number of alkyl halides is 1. The molecule has 1 unspecified atom stereocenters. The predicted molar refractivity (Wildman–Crippen MR) is 97.0 cm³/mol. The summed E-state index contributed by atoms with van der Waals surface area (Å²) in [6, 6.07) is 7.89. The summed E-state index contributed by atoms with van der Waals surface area (Å²) in [6.45, 7) is 4.90. The third-order valence-electron chi connectivity index (χ3n) is 4.95. The van der Waals surface area contributed by atoms with Crippen molar-refractivity contribution < 1.29 is 9.53 Å². The summed E-state index contributed by atoms with van der Waals surface area (Å²) in [6.07, 6.45) is 5.66. The van der Waals surface area contributed by atoms with E-state index < -0.39 is 0 Å². The lowest BCUT2D eigenvalue weighted by molar-refractivity contribution is 0.0708. The van der Waals surface area contributed by atoms with E-state index in [2.05, 4.69) is 9.80 Å². The Morgan fingerprint density at radius 2 is 1.88 bits per heavy atom. The number of hydrogen-bond donors (Lipinski definition) is 0. The van der Waals surface area contributed by atoms with Gasteiger partial charge >= 0.3 is 0 Å². The van der Waals surface area contributed by atoms with Crippen molar-refractivity contribution in [2.24, 2.45) is 0 Å². The van der Waals surface area contributed by atoms with Crippen molar-refractivity contribution in [2.45, 2.75) is 38.1 Å². The van der Waals surface area contributed by atoms with Gasteiger partial charge < -0.3 is 14.5 Å². The van der Waals surface area contributed by atoms with Crippen LogP contribution in [0.25, 0.3) is 0 Å². The number of hydrogen-bond acceptors (Lipinski definition) is 3. The zero-order chi connectivity index (χ0) is 16.8. The van der Waals surface area contributed by atoms with Crippen LogP contribution < -0.4 is 4.74 Å². The number of ether oxygens (including phenoxy) is 1. The van der Waals surface area contributed by atoms with Crippen molar-refractivity contribution in [3.8, 4) is 5.75 Å². The maximum atomic E-state index is 12.9. The zero-order valence-electron chi connectivity index (χ0n) is 14.3. The maximum Gasteiger partial charge on any atom is 0.254 e. The third-order valence-corrected chi connectivity index (χ3v) is 5.22. The number of halogens is 1. The van der Waals surface area contributed by atoms with Gasteiger partial charge in [0.1, 0.15) is 5.75 Å². The van der Waals surface area contributed by atoms with Gasteiger partial charge in [-0.25, -0.2) is 0 Å². The first-order valence-electron chi connectivity index (χ1n) is 9.10. The molecule has 2 aliphatic heterocycles. The summed E-state index contributed by atoms with van der Waals surface area (Å²) in [5, 5.41) is 0. The van der Waals surface area contributed by atoms with E-state index in [0.717, 1.165) is 43.7 Å². The van der Waals surface area contributed by atoms with E-state index in [0.29, 0.717) is 18.5 Å². The second kappa shape index (κ2) is 8.72. The lowest BCUT2D eigenvalue weighted by atomic mass is 10.1. The molecule has 2 saturated heterocycles. The maximum absolute atomic E-state index is 12.9. The van der Waals surface area contributed by atoms with E-state index in [1.54, 1.807) is 0 Å². The summed E-state index contributed by atoms with van der Waals surface area (Å²) in [5.41, 5.74) is 0.757. The number of rotatable bonds is 7. The molecule has 0 N–H and O–H groups in total. The van der Waals surface area contributed by atoms with Crippen LogP contribution in [0.3, 0.4) is 0 Å². The summed E-state index contributed by atoms with van der Waals surface area (Å²) in [4.78, 5) is 17.4. The van der Waals surface area contributed by atoms with Crippen LogP contribution in [0.4, 0.5) is 0 Å². The van der Waals surface area contributed by atoms with Crippen molar-refractivity contribution in [1.29, 1.82) is 0 Å². The van der Waals surface area contributed by atoms with Crippen LogP contribution in [-0.4, -0.2) is 60.4 Å². The van der Waals surface area contributed by atoms with Gasteiger partial charge in [0.25, 0.3) is 5.91 Å². The van der Waals surface area contributed by atoms with E-state index >= 15 is 0 Å². The molecule has 4 nitrogen and oxygen atoms in total. The summed E-state index contributed by atoms with van der Waals surface area (Å²) in [7, 11) is 0. The van der Waals surface area contributed by atoms with E-state index in [1.807, 2.05) is 24.3 Å². The fraction of sp³-hybridized carbons (Fsp3) is 0.632. The Morgan fingerprint density at radius 1 is 1.12 bits per heavy atom. The number of amides is 1. The Kier molecular flexibility index (Phi) is 6.38.